The van der Waals surface area contributed by atoms with Gasteiger partial charge >= 0.3 is 0 Å². The number of anilines is 1. The van der Waals surface area contributed by atoms with E-state index >= 15 is 0 Å². The molecule has 1 aliphatic heterocycles. The van der Waals surface area contributed by atoms with E-state index in [2.05, 4.69) is 30.5 Å². The van der Waals surface area contributed by atoms with Crippen molar-refractivity contribution in [1.82, 2.24) is 10.2 Å². The van der Waals surface area contributed by atoms with Crippen molar-refractivity contribution in [3.05, 3.63) is 62.6 Å². The highest BCUT2D eigenvalue weighted by Crippen LogP contribution is 2.27. The number of rotatable bonds is 11. The van der Waals surface area contributed by atoms with E-state index in [1.807, 2.05) is 29.2 Å². The van der Waals surface area contributed by atoms with E-state index in [4.69, 9.17) is 39.5 Å². The Morgan fingerprint density at radius 3 is 2.65 bits per heavy atom. The summed E-state index contributed by atoms with van der Waals surface area (Å²) in [7, 11) is 1.71. The van der Waals surface area contributed by atoms with Gasteiger partial charge in [-0.3, -0.25) is 4.79 Å². The maximum Gasteiger partial charge on any atom is 0.225 e. The lowest BCUT2D eigenvalue weighted by Gasteiger charge is -2.23. The fourth-order valence-electron chi connectivity index (χ4n) is 4.32. The fourth-order valence-corrected chi connectivity index (χ4v) is 5.07. The molecule has 3 atom stereocenters. The molecular formula is C26H34Cl3N3O2. The fraction of sp³-hybridized carbons (Fsp3) is 0.500. The maximum absolute atomic E-state index is 12.9. The van der Waals surface area contributed by atoms with E-state index in [9.17, 15) is 4.79 Å². The van der Waals surface area contributed by atoms with E-state index in [0.29, 0.717) is 28.2 Å². The van der Waals surface area contributed by atoms with Crippen LogP contribution in [0.25, 0.3) is 0 Å². The molecule has 2 aromatic carbocycles. The van der Waals surface area contributed by atoms with Crippen LogP contribution in [0, 0.1) is 5.92 Å². The quantitative estimate of drug-likeness (QED) is 0.347. The van der Waals surface area contributed by atoms with Gasteiger partial charge in [0.25, 0.3) is 0 Å². The largest absolute Gasteiger partial charge is 0.385 e. The van der Waals surface area contributed by atoms with Crippen molar-refractivity contribution in [2.45, 2.75) is 51.8 Å². The summed E-state index contributed by atoms with van der Waals surface area (Å²) in [4.78, 5) is 14.8. The minimum Gasteiger partial charge on any atom is -0.385 e. The highest BCUT2D eigenvalue weighted by molar-refractivity contribution is 6.35. The zero-order valence-corrected chi connectivity index (χ0v) is 22.3. The molecule has 1 fully saturated rings. The van der Waals surface area contributed by atoms with Crippen LogP contribution in [0.2, 0.25) is 15.1 Å². The van der Waals surface area contributed by atoms with Gasteiger partial charge in [-0.2, -0.15) is 0 Å². The molecule has 1 aliphatic rings. The Hall–Kier alpha value is -1.50. The van der Waals surface area contributed by atoms with Gasteiger partial charge in [0.2, 0.25) is 5.91 Å². The van der Waals surface area contributed by atoms with Crippen LogP contribution < -0.4 is 10.6 Å². The minimum atomic E-state index is 0.0153. The average molecular weight is 527 g/mol. The Kier molecular flexibility index (Phi) is 10.3. The van der Waals surface area contributed by atoms with E-state index in [1.165, 1.54) is 0 Å². The molecule has 1 heterocycles. The molecule has 3 unspecified atom stereocenters. The second-order valence-electron chi connectivity index (χ2n) is 8.83. The lowest BCUT2D eigenvalue weighted by molar-refractivity contribution is -0.135. The number of benzene rings is 2. The number of halogens is 3. The minimum absolute atomic E-state index is 0.0153. The van der Waals surface area contributed by atoms with Crippen LogP contribution >= 0.6 is 34.8 Å². The Balaban J connectivity index is 1.52. The molecule has 3 rings (SSSR count). The first-order valence-electron chi connectivity index (χ1n) is 11.8. The zero-order valence-electron chi connectivity index (χ0n) is 20.0. The third-order valence-corrected chi connectivity index (χ3v) is 7.46. The van der Waals surface area contributed by atoms with Gasteiger partial charge in [0.05, 0.1) is 6.10 Å². The second-order valence-corrected chi connectivity index (χ2v) is 10.1. The summed E-state index contributed by atoms with van der Waals surface area (Å²) in [5, 5.41) is 8.90. The Bertz CT molecular complexity index is 972. The van der Waals surface area contributed by atoms with Crippen LogP contribution in [0.15, 0.2) is 36.4 Å². The number of hydrogen-bond donors (Lipinski definition) is 2. The zero-order chi connectivity index (χ0) is 24.7. The molecule has 0 saturated carbocycles. The third-order valence-electron chi connectivity index (χ3n) is 6.53. The summed E-state index contributed by atoms with van der Waals surface area (Å²) in [5.41, 5.74) is 2.97. The van der Waals surface area contributed by atoms with Crippen molar-refractivity contribution in [1.29, 1.82) is 0 Å². The molecule has 0 radical (unpaired) electrons. The SMILES string of the molecule is CCC(CCNc1ccc(Cl)c(CNC(C)c2ccc(Cl)cc2Cl)c1)C(=O)N1CCC(OC)C1. The Labute approximate surface area is 218 Å². The van der Waals surface area contributed by atoms with Crippen molar-refractivity contribution in [3.8, 4) is 0 Å². The van der Waals surface area contributed by atoms with E-state index in [1.54, 1.807) is 13.2 Å². The van der Waals surface area contributed by atoms with E-state index in [-0.39, 0.29) is 24.0 Å². The third kappa shape index (κ3) is 7.25. The number of nitrogens with one attached hydrogen (secondary N) is 2. The van der Waals surface area contributed by atoms with Crippen molar-refractivity contribution in [3.63, 3.8) is 0 Å². The predicted molar refractivity (Wildman–Crippen MR) is 142 cm³/mol. The van der Waals surface area contributed by atoms with E-state index < -0.39 is 0 Å². The highest BCUT2D eigenvalue weighted by Gasteiger charge is 2.29. The van der Waals surface area contributed by atoms with Crippen LogP contribution in [0.5, 0.6) is 0 Å². The number of nitrogens with zero attached hydrogens (tertiary/aromatic N) is 1. The molecule has 186 valence electrons. The molecule has 34 heavy (non-hydrogen) atoms. The van der Waals surface area contributed by atoms with Gasteiger partial charge in [-0.1, -0.05) is 47.8 Å². The molecule has 0 aliphatic carbocycles. The second kappa shape index (κ2) is 13.0. The van der Waals surface area contributed by atoms with Crippen LogP contribution in [0.3, 0.4) is 0 Å². The molecule has 5 nitrogen and oxygen atoms in total. The Morgan fingerprint density at radius 1 is 1.18 bits per heavy atom. The number of hydrogen-bond acceptors (Lipinski definition) is 4. The van der Waals surface area contributed by atoms with Gasteiger partial charge in [0.1, 0.15) is 0 Å². The Morgan fingerprint density at radius 2 is 1.97 bits per heavy atom. The van der Waals surface area contributed by atoms with Crippen LogP contribution in [0.1, 0.15) is 50.3 Å². The summed E-state index contributed by atoms with van der Waals surface area (Å²) < 4.78 is 5.40. The first-order valence-corrected chi connectivity index (χ1v) is 13.0. The number of ether oxygens (including phenoxy) is 1. The van der Waals surface area contributed by atoms with E-state index in [0.717, 1.165) is 49.2 Å². The van der Waals surface area contributed by atoms with Gasteiger partial charge in [0.15, 0.2) is 0 Å². The average Bonchev–Trinajstić information content (AvgIpc) is 3.31. The lowest BCUT2D eigenvalue weighted by atomic mass is 10.0. The van der Waals surface area contributed by atoms with Gasteiger partial charge in [0, 0.05) is 66.0 Å². The monoisotopic (exact) mass is 525 g/mol. The van der Waals surface area contributed by atoms with Gasteiger partial charge in [-0.25, -0.2) is 0 Å². The predicted octanol–water partition coefficient (Wildman–Crippen LogP) is 6.57. The molecule has 1 saturated heterocycles. The number of methoxy groups -OCH3 is 1. The molecule has 2 N–H and O–H groups in total. The highest BCUT2D eigenvalue weighted by atomic mass is 35.5. The summed E-state index contributed by atoms with van der Waals surface area (Å²) in [6.45, 7) is 6.94. The summed E-state index contributed by atoms with van der Waals surface area (Å²) in [5.74, 6) is 0.251. The molecule has 1 amide bonds. The molecule has 0 aromatic heterocycles. The summed E-state index contributed by atoms with van der Waals surface area (Å²) >= 11 is 18.8. The number of carbonyl (C=O) groups is 1. The first kappa shape index (κ1) is 27.1. The van der Waals surface area contributed by atoms with Crippen LogP contribution in [0.4, 0.5) is 5.69 Å². The summed E-state index contributed by atoms with van der Waals surface area (Å²) in [6.07, 6.45) is 2.70. The standard InChI is InChI=1S/C26H34Cl3N3O2/c1-4-18(26(33)32-12-10-22(16-32)34-3)9-11-30-21-6-8-24(28)19(13-21)15-31-17(2)23-7-5-20(27)14-25(23)29/h5-8,13-14,17-18,22,30-31H,4,9-12,15-16H2,1-3H3. The maximum atomic E-state index is 12.9. The van der Waals surface area contributed by atoms with Gasteiger partial charge < -0.3 is 20.3 Å². The normalized spacial score (nSPS) is 17.6. The van der Waals surface area contributed by atoms with Crippen molar-refractivity contribution < 1.29 is 9.53 Å². The van der Waals surface area contributed by atoms with Crippen LogP contribution in [-0.2, 0) is 16.1 Å². The van der Waals surface area contributed by atoms with Crippen molar-refractivity contribution in [2.24, 2.45) is 5.92 Å². The first-order chi connectivity index (χ1) is 16.3. The van der Waals surface area contributed by atoms with Crippen LogP contribution in [-0.4, -0.2) is 43.7 Å². The molecular weight excluding hydrogens is 493 g/mol. The molecule has 8 heteroatoms. The number of likely N-dealkylation sites (tertiary alicyclic amines) is 1. The number of carbonyl (C=O) groups excluding carboxylic acids is 1. The molecule has 0 spiro atoms. The number of amides is 1. The molecule has 0 bridgehead atoms. The van der Waals surface area contributed by atoms with Crippen molar-refractivity contribution in [2.75, 3.05) is 32.1 Å². The van der Waals surface area contributed by atoms with Crippen molar-refractivity contribution >= 4 is 46.4 Å². The lowest BCUT2D eigenvalue weighted by Crippen LogP contribution is -2.35. The van der Waals surface area contributed by atoms with Gasteiger partial charge in [-0.05, 0) is 67.6 Å². The topological polar surface area (TPSA) is 53.6 Å². The smallest absolute Gasteiger partial charge is 0.225 e. The summed E-state index contributed by atoms with van der Waals surface area (Å²) in [6, 6.07) is 11.5. The van der Waals surface area contributed by atoms with Gasteiger partial charge in [-0.15, -0.1) is 0 Å². The molecule has 2 aromatic rings.